The molecule has 0 aliphatic rings. The van der Waals surface area contributed by atoms with E-state index in [4.69, 9.17) is 15.0 Å². The fourth-order valence-electron chi connectivity index (χ4n) is 8.99. The summed E-state index contributed by atoms with van der Waals surface area (Å²) in [7, 11) is 0. The molecule has 6 nitrogen and oxygen atoms in total. The molecule has 0 fully saturated rings. The lowest BCUT2D eigenvalue weighted by Crippen LogP contribution is -2.05. The average molecular weight is 795 g/mol. The first-order valence-corrected chi connectivity index (χ1v) is 20.6. The van der Waals surface area contributed by atoms with Gasteiger partial charge in [-0.3, -0.25) is 0 Å². The number of nitriles is 2. The van der Waals surface area contributed by atoms with Crippen molar-refractivity contribution in [3.63, 3.8) is 0 Å². The van der Waals surface area contributed by atoms with Gasteiger partial charge in [-0.1, -0.05) is 139 Å². The number of benzene rings is 8. The largest absolute Gasteiger partial charge is 0.308 e. The van der Waals surface area contributed by atoms with Crippen molar-refractivity contribution in [3.05, 3.63) is 204 Å². The normalized spacial score (nSPS) is 11.1. The number of fused-ring (bicyclic) bond motifs is 3. The van der Waals surface area contributed by atoms with Crippen LogP contribution in [0.5, 0.6) is 0 Å². The van der Waals surface area contributed by atoms with Gasteiger partial charge in [0.2, 0.25) is 0 Å². The lowest BCUT2D eigenvalue weighted by Gasteiger charge is -2.22. The van der Waals surface area contributed by atoms with Gasteiger partial charge in [-0.25, -0.2) is 15.0 Å². The fourth-order valence-corrected chi connectivity index (χ4v) is 8.99. The summed E-state index contributed by atoms with van der Waals surface area (Å²) in [5, 5.41) is 23.6. The summed E-state index contributed by atoms with van der Waals surface area (Å²) in [4.78, 5) is 15.3. The molecule has 0 bridgehead atoms. The van der Waals surface area contributed by atoms with E-state index in [9.17, 15) is 10.5 Å². The van der Waals surface area contributed by atoms with Crippen LogP contribution in [-0.2, 0) is 0 Å². The van der Waals surface area contributed by atoms with Crippen LogP contribution in [-0.4, -0.2) is 19.5 Å². The van der Waals surface area contributed by atoms with E-state index in [0.29, 0.717) is 34.2 Å². The van der Waals surface area contributed by atoms with Gasteiger partial charge in [0.1, 0.15) is 0 Å². The van der Waals surface area contributed by atoms with Gasteiger partial charge in [0.15, 0.2) is 17.5 Å². The van der Waals surface area contributed by atoms with Crippen LogP contribution in [0.2, 0.25) is 0 Å². The smallest absolute Gasteiger partial charge is 0.164 e. The third kappa shape index (κ3) is 6.57. The first-order valence-electron chi connectivity index (χ1n) is 20.6. The summed E-state index contributed by atoms with van der Waals surface area (Å²) in [5.74, 6) is 1.54. The SMILES string of the molecule is Cc1cc(C)c(-c2ccc3c(c2)c2ccccc2n3-c2c(-c3ccccc3C#N)cc(-c3nc(-c4ccccc4)nc(-c4ccccc4)n3)cc2-c2ccccc2C#N)c(C)c1. The highest BCUT2D eigenvalue weighted by Gasteiger charge is 2.25. The second-order valence-corrected chi connectivity index (χ2v) is 15.6. The minimum absolute atomic E-state index is 0.464. The van der Waals surface area contributed by atoms with E-state index in [2.05, 4.69) is 104 Å². The third-order valence-corrected chi connectivity index (χ3v) is 11.6. The van der Waals surface area contributed by atoms with Crippen LogP contribution in [0.25, 0.3) is 95.0 Å². The first-order chi connectivity index (χ1) is 30.4. The zero-order valence-corrected chi connectivity index (χ0v) is 34.4. The Labute approximate surface area is 360 Å². The maximum absolute atomic E-state index is 10.7. The highest BCUT2D eigenvalue weighted by molar-refractivity contribution is 6.12. The van der Waals surface area contributed by atoms with Crippen molar-refractivity contribution in [2.24, 2.45) is 0 Å². The van der Waals surface area contributed by atoms with Crippen molar-refractivity contribution in [1.29, 1.82) is 10.5 Å². The Bertz CT molecular complexity index is 3300. The van der Waals surface area contributed by atoms with Crippen molar-refractivity contribution >= 4 is 21.8 Å². The van der Waals surface area contributed by atoms with Gasteiger partial charge in [0.05, 0.1) is 40.0 Å². The molecule has 0 N–H and O–H groups in total. The van der Waals surface area contributed by atoms with Crippen molar-refractivity contribution in [2.45, 2.75) is 20.8 Å². The topological polar surface area (TPSA) is 91.2 Å². The quantitative estimate of drug-likeness (QED) is 0.160. The summed E-state index contributed by atoms with van der Waals surface area (Å²) in [6, 6.07) is 64.0. The molecule has 10 aromatic rings. The van der Waals surface area contributed by atoms with Crippen LogP contribution in [0.3, 0.4) is 0 Å². The molecule has 0 saturated carbocycles. The van der Waals surface area contributed by atoms with Crippen LogP contribution in [0, 0.1) is 43.4 Å². The van der Waals surface area contributed by atoms with E-state index in [1.54, 1.807) is 0 Å². The summed E-state index contributed by atoms with van der Waals surface area (Å²) >= 11 is 0. The van der Waals surface area contributed by atoms with E-state index in [1.165, 1.54) is 22.3 Å². The molecule has 0 spiro atoms. The van der Waals surface area contributed by atoms with Gasteiger partial charge in [-0.15, -0.1) is 0 Å². The second kappa shape index (κ2) is 15.6. The van der Waals surface area contributed by atoms with Gasteiger partial charge in [-0.2, -0.15) is 10.5 Å². The van der Waals surface area contributed by atoms with E-state index >= 15 is 0 Å². The van der Waals surface area contributed by atoms with Gasteiger partial charge in [0.25, 0.3) is 0 Å². The third-order valence-electron chi connectivity index (χ3n) is 11.6. The first kappa shape index (κ1) is 37.8. The lowest BCUT2D eigenvalue weighted by molar-refractivity contribution is 1.07. The summed E-state index contributed by atoms with van der Waals surface area (Å²) in [5.41, 5.74) is 15.5. The van der Waals surface area contributed by atoms with Crippen LogP contribution in [0.1, 0.15) is 27.8 Å². The second-order valence-electron chi connectivity index (χ2n) is 15.6. The van der Waals surface area contributed by atoms with Crippen molar-refractivity contribution < 1.29 is 0 Å². The predicted molar refractivity (Wildman–Crippen MR) is 250 cm³/mol. The van der Waals surface area contributed by atoms with E-state index in [-0.39, 0.29) is 0 Å². The standard InChI is InChI=1S/C56H38N6/c1-35-28-36(2)52(37(3)29-35)40-26-27-51-47(30-40)46-24-14-15-25-50(46)62(51)53-48(44-22-12-10-20-41(44)33-57)31-43(32-49(53)45-23-13-11-21-42(45)34-58)56-60-54(38-16-6-4-7-17-38)59-55(61-56)39-18-8-5-9-19-39/h4-32H,1-3H3. The number of para-hydroxylation sites is 1. The molecule has 0 unspecified atom stereocenters. The molecule has 0 aliphatic heterocycles. The molecule has 6 heteroatoms. The molecule has 2 heterocycles. The van der Waals surface area contributed by atoms with Crippen LogP contribution in [0.4, 0.5) is 0 Å². The Morgan fingerprint density at radius 2 is 0.871 bits per heavy atom. The van der Waals surface area contributed by atoms with Crippen molar-refractivity contribution in [1.82, 2.24) is 19.5 Å². The monoisotopic (exact) mass is 794 g/mol. The Morgan fingerprint density at radius 1 is 0.403 bits per heavy atom. The van der Waals surface area contributed by atoms with E-state index in [0.717, 1.165) is 66.4 Å². The summed E-state index contributed by atoms with van der Waals surface area (Å²) in [6.45, 7) is 6.50. The van der Waals surface area contributed by atoms with Crippen molar-refractivity contribution in [3.8, 4) is 85.4 Å². The lowest BCUT2D eigenvalue weighted by atomic mass is 9.89. The van der Waals surface area contributed by atoms with Gasteiger partial charge in [-0.05, 0) is 85.5 Å². The molecule has 10 rings (SSSR count). The van der Waals surface area contributed by atoms with Gasteiger partial charge in [0, 0.05) is 49.7 Å². The maximum Gasteiger partial charge on any atom is 0.164 e. The van der Waals surface area contributed by atoms with Crippen molar-refractivity contribution in [2.75, 3.05) is 0 Å². The zero-order chi connectivity index (χ0) is 42.3. The van der Waals surface area contributed by atoms with E-state index < -0.39 is 0 Å². The number of rotatable bonds is 7. The van der Waals surface area contributed by atoms with Crippen LogP contribution < -0.4 is 0 Å². The average Bonchev–Trinajstić information content (AvgIpc) is 3.64. The van der Waals surface area contributed by atoms with Gasteiger partial charge < -0.3 is 4.57 Å². The summed E-state index contributed by atoms with van der Waals surface area (Å²) in [6.07, 6.45) is 0. The highest BCUT2D eigenvalue weighted by Crippen LogP contribution is 2.46. The molecule has 0 aliphatic carbocycles. The Kier molecular flexibility index (Phi) is 9.52. The van der Waals surface area contributed by atoms with Crippen LogP contribution in [0.15, 0.2) is 176 Å². The fraction of sp³-hybridized carbons (Fsp3) is 0.0536. The minimum Gasteiger partial charge on any atom is -0.308 e. The highest BCUT2D eigenvalue weighted by atomic mass is 15.0. The number of hydrogen-bond donors (Lipinski definition) is 0. The molecule has 292 valence electrons. The molecular formula is C56H38N6. The minimum atomic E-state index is 0.464. The number of aromatic nitrogens is 4. The Morgan fingerprint density at radius 3 is 1.42 bits per heavy atom. The molecule has 0 saturated heterocycles. The zero-order valence-electron chi connectivity index (χ0n) is 34.4. The summed E-state index contributed by atoms with van der Waals surface area (Å²) < 4.78 is 2.30. The van der Waals surface area contributed by atoms with E-state index in [1.807, 2.05) is 109 Å². The molecule has 0 radical (unpaired) electrons. The number of hydrogen-bond acceptors (Lipinski definition) is 5. The van der Waals surface area contributed by atoms with Gasteiger partial charge >= 0.3 is 0 Å². The Balaban J connectivity index is 1.34. The molecular weight excluding hydrogens is 757 g/mol. The molecule has 0 amide bonds. The number of aryl methyl sites for hydroxylation is 3. The maximum atomic E-state index is 10.7. The molecule has 62 heavy (non-hydrogen) atoms. The Hall–Kier alpha value is -8.45. The predicted octanol–water partition coefficient (Wildman–Crippen LogP) is 13.6. The molecule has 2 aromatic heterocycles. The van der Waals surface area contributed by atoms with Crippen LogP contribution >= 0.6 is 0 Å². The number of nitrogens with zero attached hydrogens (tertiary/aromatic N) is 6. The molecule has 0 atom stereocenters. The molecule has 8 aromatic carbocycles.